The predicted molar refractivity (Wildman–Crippen MR) is 117 cm³/mol. The highest BCUT2D eigenvalue weighted by molar-refractivity contribution is 7.92. The van der Waals surface area contributed by atoms with E-state index in [9.17, 15) is 26.4 Å². The molecule has 0 bridgehead atoms. The molecule has 1 aliphatic heterocycles. The molecule has 1 aliphatic carbocycles. The number of sulfone groups is 1. The van der Waals surface area contributed by atoms with Gasteiger partial charge in [0, 0.05) is 24.4 Å². The van der Waals surface area contributed by atoms with E-state index in [1.807, 2.05) is 0 Å². The maximum absolute atomic E-state index is 15.3. The van der Waals surface area contributed by atoms with E-state index in [0.717, 1.165) is 12.1 Å². The average Bonchev–Trinajstić information content (AvgIpc) is 2.78. The van der Waals surface area contributed by atoms with Crippen LogP contribution in [0.3, 0.4) is 0 Å². The lowest BCUT2D eigenvalue weighted by Crippen LogP contribution is -2.56. The molecule has 0 saturated heterocycles. The van der Waals surface area contributed by atoms with Gasteiger partial charge in [-0.25, -0.2) is 17.2 Å². The molecule has 0 radical (unpaired) electrons. The van der Waals surface area contributed by atoms with E-state index >= 15 is 4.39 Å². The second kappa shape index (κ2) is 8.71. The Morgan fingerprint density at radius 2 is 1.82 bits per heavy atom. The number of hydrogen-bond acceptors (Lipinski definition) is 4. The number of carbonyl (C=O) groups excluding carboxylic acids is 1. The Kier molecular flexibility index (Phi) is 6.35. The molecular weight excluding hydrogens is 498 g/mol. The quantitative estimate of drug-likeness (QED) is 0.572. The van der Waals surface area contributed by atoms with Crippen molar-refractivity contribution in [3.8, 4) is 5.75 Å². The van der Waals surface area contributed by atoms with Crippen molar-refractivity contribution in [3.05, 3.63) is 58.6 Å². The molecule has 11 heteroatoms. The number of carbonyl (C=O) groups is 1. The molecule has 184 valence electrons. The van der Waals surface area contributed by atoms with Gasteiger partial charge in [0.1, 0.15) is 10.6 Å². The first-order chi connectivity index (χ1) is 15.9. The fourth-order valence-electron chi connectivity index (χ4n) is 5.13. The average molecular weight is 520 g/mol. The van der Waals surface area contributed by atoms with Crippen molar-refractivity contribution < 1.29 is 35.5 Å². The highest BCUT2D eigenvalue weighted by atomic mass is 35.5. The molecule has 0 unspecified atom stereocenters. The van der Waals surface area contributed by atoms with Gasteiger partial charge in [-0.1, -0.05) is 18.0 Å². The minimum atomic E-state index is -4.36. The maximum atomic E-state index is 15.3. The van der Waals surface area contributed by atoms with Gasteiger partial charge in [0.25, 0.3) is 5.91 Å². The van der Waals surface area contributed by atoms with Crippen molar-refractivity contribution in [2.75, 3.05) is 13.2 Å². The molecule has 2 aromatic carbocycles. The standard InChI is InChI=1S/C23H22ClF4NO4S/c1-22(27,28)21(30)29-11-13-3-2-10-23(34(31,32)15-6-4-14(24)5-7-15)16(13)12-33-20-18(26)9-8-17(25)19(20)23/h4-9,13,16H,2-3,10-12H2,1H3,(H,29,30)/t13-,16-,23-/m0/s1. The van der Waals surface area contributed by atoms with Gasteiger partial charge in [-0.15, -0.1) is 0 Å². The van der Waals surface area contributed by atoms with Crippen LogP contribution in [0.4, 0.5) is 17.6 Å². The first kappa shape index (κ1) is 24.8. The van der Waals surface area contributed by atoms with Crippen molar-refractivity contribution >= 4 is 27.3 Å². The number of halogens is 5. The molecule has 1 fully saturated rings. The Balaban J connectivity index is 1.87. The monoisotopic (exact) mass is 519 g/mol. The third-order valence-electron chi connectivity index (χ3n) is 6.71. The van der Waals surface area contributed by atoms with E-state index in [4.69, 9.17) is 16.3 Å². The van der Waals surface area contributed by atoms with Crippen molar-refractivity contribution in [1.29, 1.82) is 0 Å². The van der Waals surface area contributed by atoms with Crippen LogP contribution >= 0.6 is 11.6 Å². The lowest BCUT2D eigenvalue weighted by molar-refractivity contribution is -0.143. The summed E-state index contributed by atoms with van der Waals surface area (Å²) in [6, 6.07) is 7.05. The van der Waals surface area contributed by atoms with Crippen LogP contribution in [0.2, 0.25) is 5.02 Å². The van der Waals surface area contributed by atoms with Crippen LogP contribution in [-0.2, 0) is 19.4 Å². The molecule has 1 heterocycles. The second-order valence-electron chi connectivity index (χ2n) is 8.75. The first-order valence-electron chi connectivity index (χ1n) is 10.7. The number of benzene rings is 2. The molecule has 3 atom stereocenters. The topological polar surface area (TPSA) is 72.5 Å². The van der Waals surface area contributed by atoms with Crippen molar-refractivity contribution in [3.63, 3.8) is 0 Å². The van der Waals surface area contributed by atoms with Gasteiger partial charge < -0.3 is 10.1 Å². The number of hydrogen-bond donors (Lipinski definition) is 1. The number of alkyl halides is 2. The summed E-state index contributed by atoms with van der Waals surface area (Å²) in [7, 11) is -4.36. The van der Waals surface area contributed by atoms with Crippen molar-refractivity contribution in [2.45, 2.75) is 41.8 Å². The smallest absolute Gasteiger partial charge is 0.321 e. The Morgan fingerprint density at radius 1 is 1.18 bits per heavy atom. The third kappa shape index (κ3) is 3.94. The summed E-state index contributed by atoms with van der Waals surface area (Å²) in [5, 5.41) is 2.46. The largest absolute Gasteiger partial charge is 0.490 e. The predicted octanol–water partition coefficient (Wildman–Crippen LogP) is 4.87. The molecule has 0 aromatic heterocycles. The summed E-state index contributed by atoms with van der Waals surface area (Å²) in [4.78, 5) is 11.6. The fourth-order valence-corrected chi connectivity index (χ4v) is 7.70. The minimum absolute atomic E-state index is 0.0340. The number of fused-ring (bicyclic) bond motifs is 3. The molecule has 0 spiro atoms. The van der Waals surface area contributed by atoms with Crippen LogP contribution in [0.25, 0.3) is 0 Å². The van der Waals surface area contributed by atoms with Gasteiger partial charge >= 0.3 is 5.92 Å². The van der Waals surface area contributed by atoms with E-state index < -0.39 is 61.2 Å². The molecule has 1 saturated carbocycles. The van der Waals surface area contributed by atoms with Gasteiger partial charge in [0.05, 0.1) is 17.1 Å². The number of rotatable bonds is 5. The van der Waals surface area contributed by atoms with Gasteiger partial charge in [0.15, 0.2) is 21.4 Å². The molecule has 2 aliphatic rings. The molecule has 1 N–H and O–H groups in total. The number of nitrogens with one attached hydrogen (secondary N) is 1. The SMILES string of the molecule is CC(F)(F)C(=O)NC[C@@H]1CCC[C@@]2(S(=O)(=O)c3ccc(Cl)cc3)c3c(F)ccc(F)c3OC[C@@H]12. The number of amides is 1. The Morgan fingerprint density at radius 3 is 2.47 bits per heavy atom. The molecule has 2 aromatic rings. The van der Waals surface area contributed by atoms with E-state index in [1.54, 1.807) is 0 Å². The Bertz CT molecular complexity index is 1220. The van der Waals surface area contributed by atoms with E-state index in [1.165, 1.54) is 24.3 Å². The lowest BCUT2D eigenvalue weighted by Gasteiger charge is -2.50. The second-order valence-corrected chi connectivity index (χ2v) is 11.4. The highest BCUT2D eigenvalue weighted by Gasteiger charge is 2.61. The normalized spacial score (nSPS) is 24.5. The zero-order valence-electron chi connectivity index (χ0n) is 18.1. The zero-order chi connectivity index (χ0) is 24.9. The summed E-state index contributed by atoms with van der Waals surface area (Å²) in [6.07, 6.45) is 0.628. The zero-order valence-corrected chi connectivity index (χ0v) is 19.7. The van der Waals surface area contributed by atoms with Crippen LogP contribution in [-0.4, -0.2) is 33.4 Å². The van der Waals surface area contributed by atoms with Crippen LogP contribution in [0.15, 0.2) is 41.3 Å². The van der Waals surface area contributed by atoms with Gasteiger partial charge in [0.2, 0.25) is 0 Å². The molecule has 34 heavy (non-hydrogen) atoms. The number of ether oxygens (including phenoxy) is 1. The minimum Gasteiger partial charge on any atom is -0.490 e. The first-order valence-corrected chi connectivity index (χ1v) is 12.5. The fraction of sp³-hybridized carbons (Fsp3) is 0.435. The molecule has 4 rings (SSSR count). The van der Waals surface area contributed by atoms with Crippen molar-refractivity contribution in [2.24, 2.45) is 11.8 Å². The van der Waals surface area contributed by atoms with Crippen LogP contribution in [0.5, 0.6) is 5.75 Å². The van der Waals surface area contributed by atoms with E-state index in [2.05, 4.69) is 5.32 Å². The van der Waals surface area contributed by atoms with Crippen molar-refractivity contribution in [1.82, 2.24) is 5.32 Å². The summed E-state index contributed by atoms with van der Waals surface area (Å²) < 4.78 is 88.6. The summed E-state index contributed by atoms with van der Waals surface area (Å²) >= 11 is 5.92. The van der Waals surface area contributed by atoms with Gasteiger partial charge in [-0.2, -0.15) is 8.78 Å². The molecule has 1 amide bonds. The Hall–Kier alpha value is -2.33. The van der Waals surface area contributed by atoms with Crippen LogP contribution in [0.1, 0.15) is 31.7 Å². The summed E-state index contributed by atoms with van der Waals surface area (Å²) in [5.41, 5.74) is -0.407. The van der Waals surface area contributed by atoms with E-state index in [0.29, 0.717) is 18.4 Å². The van der Waals surface area contributed by atoms with Gasteiger partial charge in [-0.05, 0) is 55.2 Å². The van der Waals surface area contributed by atoms with Gasteiger partial charge in [-0.3, -0.25) is 4.79 Å². The summed E-state index contributed by atoms with van der Waals surface area (Å²) in [5.74, 6) is -9.01. The van der Waals surface area contributed by atoms with Crippen LogP contribution < -0.4 is 10.1 Å². The maximum Gasteiger partial charge on any atom is 0.321 e. The third-order valence-corrected chi connectivity index (χ3v) is 9.52. The summed E-state index contributed by atoms with van der Waals surface area (Å²) in [6.45, 7) is -0.0969. The molecular formula is C23H22ClF4NO4S. The van der Waals surface area contributed by atoms with Crippen LogP contribution in [0, 0.1) is 23.5 Å². The van der Waals surface area contributed by atoms with E-state index in [-0.39, 0.29) is 30.9 Å². The lowest BCUT2D eigenvalue weighted by atomic mass is 9.67. The Labute approximate surface area is 199 Å². The molecule has 5 nitrogen and oxygen atoms in total. The highest BCUT2D eigenvalue weighted by Crippen LogP contribution is 2.58.